The second-order valence-corrected chi connectivity index (χ2v) is 3.35. The molecule has 0 bridgehead atoms. The summed E-state index contributed by atoms with van der Waals surface area (Å²) in [5.74, 6) is 0. The second kappa shape index (κ2) is 4.64. The van der Waals surface area contributed by atoms with Crippen molar-refractivity contribution in [2.24, 2.45) is 5.73 Å². The van der Waals surface area contributed by atoms with E-state index in [0.29, 0.717) is 0 Å². The van der Waals surface area contributed by atoms with Crippen molar-refractivity contribution in [1.29, 1.82) is 0 Å². The smallest absolute Gasteiger partial charge is 0.151 e. The molecule has 0 amide bonds. The summed E-state index contributed by atoms with van der Waals surface area (Å²) in [7, 11) is -0.264. The van der Waals surface area contributed by atoms with Crippen LogP contribution >= 0.6 is 12.1 Å². The van der Waals surface area contributed by atoms with Crippen molar-refractivity contribution >= 4 is 20.9 Å². The van der Waals surface area contributed by atoms with Crippen LogP contribution in [0.15, 0.2) is 0 Å². The highest BCUT2D eigenvalue weighted by molar-refractivity contribution is 8.06. The summed E-state index contributed by atoms with van der Waals surface area (Å²) in [6.07, 6.45) is 0. The van der Waals surface area contributed by atoms with Crippen LogP contribution in [0.4, 0.5) is 0 Å². The molecule has 4 heteroatoms. The molecule has 0 aromatic rings. The van der Waals surface area contributed by atoms with Crippen molar-refractivity contribution in [3.05, 3.63) is 0 Å². The number of nitrogens with one attached hydrogen (secondary N) is 1. The van der Waals surface area contributed by atoms with E-state index in [4.69, 9.17) is 5.73 Å². The van der Waals surface area contributed by atoms with Crippen molar-refractivity contribution < 1.29 is 0 Å². The van der Waals surface area contributed by atoms with Gasteiger partial charge in [-0.2, -0.15) is 12.1 Å². The summed E-state index contributed by atoms with van der Waals surface area (Å²) in [6.45, 7) is 2.89. The van der Waals surface area contributed by atoms with Gasteiger partial charge >= 0.3 is 0 Å². The predicted octanol–water partition coefficient (Wildman–Crippen LogP) is -1.15. The molecule has 44 valence electrons. The van der Waals surface area contributed by atoms with E-state index in [2.05, 4.69) is 17.1 Å². The van der Waals surface area contributed by atoms with Gasteiger partial charge in [-0.05, 0) is 6.92 Å². The van der Waals surface area contributed by atoms with E-state index in [0.717, 1.165) is 6.54 Å². The molecule has 0 aromatic heterocycles. The summed E-state index contributed by atoms with van der Waals surface area (Å²) < 4.78 is 0. The second-order valence-electron chi connectivity index (χ2n) is 1.59. The van der Waals surface area contributed by atoms with E-state index < -0.39 is 0 Å². The Morgan fingerprint density at radius 2 is 2.57 bits per heavy atom. The van der Waals surface area contributed by atoms with Crippen molar-refractivity contribution in [2.75, 3.05) is 6.54 Å². The van der Waals surface area contributed by atoms with Crippen LogP contribution in [-0.4, -0.2) is 21.4 Å². The maximum absolute atomic E-state index is 5.40. The van der Waals surface area contributed by atoms with Gasteiger partial charge in [-0.25, -0.2) is 0 Å². The van der Waals surface area contributed by atoms with Crippen LogP contribution in [-0.2, 0) is 0 Å². The molecule has 0 aliphatic carbocycles. The van der Waals surface area contributed by atoms with Crippen molar-refractivity contribution in [3.8, 4) is 0 Å². The number of thiol groups is 1. The van der Waals surface area contributed by atoms with Crippen molar-refractivity contribution in [3.63, 3.8) is 0 Å². The van der Waals surface area contributed by atoms with Crippen LogP contribution in [0.5, 0.6) is 0 Å². The average Bonchev–Trinajstić information content (AvgIpc) is 1.61. The van der Waals surface area contributed by atoms with Crippen molar-refractivity contribution in [2.45, 2.75) is 13.0 Å². The summed E-state index contributed by atoms with van der Waals surface area (Å²) in [4.78, 5) is 3.13. The molecular weight excluding hydrogens is 124 g/mol. The third-order valence-corrected chi connectivity index (χ3v) is 1.76. The minimum absolute atomic E-state index is 0.264. The lowest BCUT2D eigenvalue weighted by molar-refractivity contribution is 0.717. The average molecular weight is 136 g/mol. The number of rotatable bonds is 3. The molecule has 0 aliphatic heterocycles. The Morgan fingerprint density at radius 1 is 2.00 bits per heavy atom. The number of hydrogen-bond donors (Lipinski definition) is 3. The van der Waals surface area contributed by atoms with Crippen LogP contribution < -0.4 is 10.7 Å². The third kappa shape index (κ3) is 6.49. The fraction of sp³-hybridized carbons (Fsp3) is 1.00. The van der Waals surface area contributed by atoms with Gasteiger partial charge in [-0.1, -0.05) is 0 Å². The molecule has 0 saturated carbocycles. The van der Waals surface area contributed by atoms with E-state index in [1.807, 2.05) is 6.92 Å². The van der Waals surface area contributed by atoms with Crippen LogP contribution in [0.25, 0.3) is 0 Å². The Balaban J connectivity index is 2.68. The lowest BCUT2D eigenvalue weighted by Crippen LogP contribution is -2.31. The van der Waals surface area contributed by atoms with E-state index in [1.54, 1.807) is 0 Å². The molecule has 1 unspecified atom stereocenters. The molecule has 0 fully saturated rings. The molecule has 0 aromatic carbocycles. The van der Waals surface area contributed by atoms with Gasteiger partial charge in [0.05, 0.1) is 0 Å². The fourth-order valence-corrected chi connectivity index (χ4v) is 1.26. The van der Waals surface area contributed by atoms with Crippen LogP contribution in [0, 0.1) is 0 Å². The third-order valence-electron chi connectivity index (χ3n) is 0.578. The van der Waals surface area contributed by atoms with Crippen LogP contribution in [0.1, 0.15) is 6.92 Å². The van der Waals surface area contributed by atoms with Crippen LogP contribution in [0.2, 0.25) is 0 Å². The maximum Gasteiger partial charge on any atom is 0.151 e. The Hall–Kier alpha value is 0.487. The van der Waals surface area contributed by atoms with Gasteiger partial charge in [0.15, 0.2) is 8.83 Å². The monoisotopic (exact) mass is 136 g/mol. The lowest BCUT2D eigenvalue weighted by atomic mass is 10.4. The number of nitrogens with two attached hydrogens (primary N) is 1. The zero-order valence-electron chi connectivity index (χ0n) is 4.52. The van der Waals surface area contributed by atoms with E-state index in [1.165, 1.54) is 0 Å². The van der Waals surface area contributed by atoms with Gasteiger partial charge in [-0.3, -0.25) is 0 Å². The fourth-order valence-electron chi connectivity index (χ4n) is 0.292. The molecule has 0 spiro atoms. The largest absolute Gasteiger partial charge is 0.333 e. The van der Waals surface area contributed by atoms with Gasteiger partial charge in [0.2, 0.25) is 0 Å². The molecule has 7 heavy (non-hydrogen) atoms. The minimum Gasteiger partial charge on any atom is -0.333 e. The van der Waals surface area contributed by atoms with Gasteiger partial charge in [0.1, 0.15) is 0 Å². The zero-order valence-corrected chi connectivity index (χ0v) is 6.82. The quantitative estimate of drug-likeness (QED) is 0.339. The van der Waals surface area contributed by atoms with Gasteiger partial charge in [0.25, 0.3) is 0 Å². The van der Waals surface area contributed by atoms with Crippen molar-refractivity contribution in [1.82, 2.24) is 4.98 Å². The molecule has 2 nitrogen and oxygen atoms in total. The highest BCUT2D eigenvalue weighted by atomic mass is 32.3. The Labute approximate surface area is 51.8 Å². The molecule has 0 aliphatic rings. The van der Waals surface area contributed by atoms with E-state index in [9.17, 15) is 0 Å². The first-order valence-electron chi connectivity index (χ1n) is 2.34. The summed E-state index contributed by atoms with van der Waals surface area (Å²) in [5.41, 5.74) is 5.40. The summed E-state index contributed by atoms with van der Waals surface area (Å²) >= 11 is 4.07. The van der Waals surface area contributed by atoms with E-state index >= 15 is 0 Å². The Bertz CT molecular complexity index is 41.9. The molecule has 0 saturated heterocycles. The first-order chi connectivity index (χ1) is 3.27. The highest BCUT2D eigenvalue weighted by Crippen LogP contribution is 1.67. The van der Waals surface area contributed by atoms with Gasteiger partial charge < -0.3 is 10.7 Å². The Morgan fingerprint density at radius 3 is 2.71 bits per heavy atom. The topological polar surface area (TPSA) is 38.0 Å². The first-order valence-corrected chi connectivity index (χ1v) is 5.58. The molecular formula is C3H12N2SSi. The molecule has 0 radical (unpaired) electrons. The summed E-state index contributed by atoms with van der Waals surface area (Å²) in [6, 6.07) is 0.277. The minimum atomic E-state index is -0.264. The van der Waals surface area contributed by atoms with Crippen LogP contribution in [0.3, 0.4) is 0 Å². The van der Waals surface area contributed by atoms with E-state index in [-0.39, 0.29) is 14.9 Å². The molecule has 0 heterocycles. The van der Waals surface area contributed by atoms with Gasteiger partial charge in [-0.15, -0.1) is 0 Å². The Kier molecular flexibility index (Phi) is 4.96. The molecule has 0 rings (SSSR count). The lowest BCUT2D eigenvalue weighted by Gasteiger charge is -2.01. The van der Waals surface area contributed by atoms with Gasteiger partial charge in [0, 0.05) is 12.6 Å². The number of hydrogen-bond acceptors (Lipinski definition) is 3. The maximum atomic E-state index is 5.40. The predicted molar refractivity (Wildman–Crippen MR) is 39.2 cm³/mol. The SMILES string of the molecule is CC(N)CN[SiH2]S. The standard InChI is InChI=1S/C3H12N2SSi/c1-3(4)2-5-7-6/h3,5-6H,2,4,7H2,1H3. The highest BCUT2D eigenvalue weighted by Gasteiger charge is 1.87. The zero-order chi connectivity index (χ0) is 5.70. The molecule has 1 atom stereocenters. The first kappa shape index (κ1) is 7.49. The summed E-state index contributed by atoms with van der Waals surface area (Å²) in [5, 5.41) is 0. The molecule has 3 N–H and O–H groups in total. The normalized spacial score (nSPS) is 15.9.